The lowest BCUT2D eigenvalue weighted by atomic mass is 9.82. The van der Waals surface area contributed by atoms with Gasteiger partial charge in [-0.05, 0) is 31.0 Å². The maximum Gasteiger partial charge on any atom is 0.417 e. The number of alkyl halides is 3. The molecule has 1 aromatic carbocycles. The molecule has 5 nitrogen and oxygen atoms in total. The molecule has 0 spiro atoms. The van der Waals surface area contributed by atoms with Gasteiger partial charge in [0.1, 0.15) is 0 Å². The molecule has 1 amide bonds. The number of rotatable bonds is 3. The third-order valence-corrected chi connectivity index (χ3v) is 4.15. The van der Waals surface area contributed by atoms with E-state index in [0.717, 1.165) is 18.2 Å². The minimum Gasteiger partial charge on any atom is -0.481 e. The SMILES string of the molecule is NN(C(=O)C1CC=CCC1C(=O)O)c1ccc(C(F)(F)F)c(Cl)c1. The number of nitrogens with zero attached hydrogens (tertiary/aromatic N) is 1. The number of hydrogen-bond acceptors (Lipinski definition) is 3. The lowest BCUT2D eigenvalue weighted by Crippen LogP contribution is -2.45. The molecule has 0 aliphatic heterocycles. The number of halogens is 4. The summed E-state index contributed by atoms with van der Waals surface area (Å²) in [5.74, 6) is 2.04. The van der Waals surface area contributed by atoms with E-state index in [4.69, 9.17) is 17.4 Å². The molecule has 0 fully saturated rings. The van der Waals surface area contributed by atoms with Gasteiger partial charge in [0.2, 0.25) is 5.91 Å². The van der Waals surface area contributed by atoms with Gasteiger partial charge < -0.3 is 5.11 Å². The fourth-order valence-corrected chi connectivity index (χ4v) is 2.83. The number of carbonyl (C=O) groups excluding carboxylic acids is 1. The molecule has 130 valence electrons. The van der Waals surface area contributed by atoms with Gasteiger partial charge in [0.25, 0.3) is 0 Å². The molecule has 1 aliphatic rings. The molecule has 0 saturated heterocycles. The summed E-state index contributed by atoms with van der Waals surface area (Å²) in [5, 5.41) is 9.24. The lowest BCUT2D eigenvalue weighted by Gasteiger charge is -2.28. The zero-order chi connectivity index (χ0) is 18.1. The molecule has 24 heavy (non-hydrogen) atoms. The van der Waals surface area contributed by atoms with Crippen molar-refractivity contribution in [3.63, 3.8) is 0 Å². The van der Waals surface area contributed by atoms with E-state index in [9.17, 15) is 27.9 Å². The van der Waals surface area contributed by atoms with E-state index >= 15 is 0 Å². The van der Waals surface area contributed by atoms with Crippen LogP contribution in [0.4, 0.5) is 18.9 Å². The van der Waals surface area contributed by atoms with Crippen LogP contribution in [0.15, 0.2) is 30.4 Å². The summed E-state index contributed by atoms with van der Waals surface area (Å²) < 4.78 is 38.1. The first-order valence-corrected chi connectivity index (χ1v) is 7.34. The van der Waals surface area contributed by atoms with Crippen molar-refractivity contribution in [1.82, 2.24) is 0 Å². The Morgan fingerprint density at radius 2 is 1.79 bits per heavy atom. The molecule has 0 heterocycles. The molecule has 1 aliphatic carbocycles. The van der Waals surface area contributed by atoms with Gasteiger partial charge in [0, 0.05) is 0 Å². The molecule has 0 bridgehead atoms. The van der Waals surface area contributed by atoms with E-state index in [-0.39, 0.29) is 18.5 Å². The number of allylic oxidation sites excluding steroid dienone is 2. The fraction of sp³-hybridized carbons (Fsp3) is 0.333. The van der Waals surface area contributed by atoms with Crippen LogP contribution in [0.3, 0.4) is 0 Å². The number of anilines is 1. The molecule has 0 aromatic heterocycles. The van der Waals surface area contributed by atoms with E-state index in [1.54, 1.807) is 12.2 Å². The first kappa shape index (κ1) is 18.3. The van der Waals surface area contributed by atoms with Crippen LogP contribution in [0.25, 0.3) is 0 Å². The number of carboxylic acid groups (broad SMARTS) is 1. The van der Waals surface area contributed by atoms with Gasteiger partial charge in [-0.25, -0.2) is 10.9 Å². The average Bonchev–Trinajstić information content (AvgIpc) is 2.52. The van der Waals surface area contributed by atoms with Gasteiger partial charge in [-0.1, -0.05) is 23.8 Å². The second kappa shape index (κ2) is 6.82. The molecule has 1 aromatic rings. The highest BCUT2D eigenvalue weighted by atomic mass is 35.5. The zero-order valence-electron chi connectivity index (χ0n) is 12.3. The quantitative estimate of drug-likeness (QED) is 0.374. The van der Waals surface area contributed by atoms with Crippen LogP contribution in [0.5, 0.6) is 0 Å². The third kappa shape index (κ3) is 3.70. The smallest absolute Gasteiger partial charge is 0.417 e. The van der Waals surface area contributed by atoms with Gasteiger partial charge in [-0.15, -0.1) is 0 Å². The summed E-state index contributed by atoms with van der Waals surface area (Å²) in [5.41, 5.74) is -1.09. The van der Waals surface area contributed by atoms with Crippen LogP contribution in [-0.2, 0) is 15.8 Å². The second-order valence-corrected chi connectivity index (χ2v) is 5.77. The summed E-state index contributed by atoms with van der Waals surface area (Å²) >= 11 is 5.61. The van der Waals surface area contributed by atoms with Crippen molar-refractivity contribution in [3.8, 4) is 0 Å². The Kier molecular flexibility index (Phi) is 5.19. The molecule has 9 heteroatoms. The van der Waals surface area contributed by atoms with E-state index in [1.165, 1.54) is 0 Å². The Bertz CT molecular complexity index is 691. The highest BCUT2D eigenvalue weighted by molar-refractivity contribution is 6.31. The highest BCUT2D eigenvalue weighted by Crippen LogP contribution is 2.37. The van der Waals surface area contributed by atoms with Crippen molar-refractivity contribution in [2.24, 2.45) is 17.7 Å². The third-order valence-electron chi connectivity index (χ3n) is 3.84. The molecule has 2 atom stereocenters. The monoisotopic (exact) mass is 362 g/mol. The summed E-state index contributed by atoms with van der Waals surface area (Å²) in [6.45, 7) is 0. The van der Waals surface area contributed by atoms with Crippen LogP contribution in [0.2, 0.25) is 5.02 Å². The number of benzene rings is 1. The van der Waals surface area contributed by atoms with E-state index < -0.39 is 40.5 Å². The number of hydrazine groups is 1. The van der Waals surface area contributed by atoms with E-state index in [0.29, 0.717) is 5.01 Å². The summed E-state index contributed by atoms with van der Waals surface area (Å²) in [7, 11) is 0. The summed E-state index contributed by atoms with van der Waals surface area (Å²) in [6, 6.07) is 2.66. The fourth-order valence-electron chi connectivity index (χ4n) is 2.55. The van der Waals surface area contributed by atoms with Crippen LogP contribution < -0.4 is 10.9 Å². The normalized spacial score (nSPS) is 20.7. The predicted octanol–water partition coefficient (Wildman–Crippen LogP) is 3.23. The second-order valence-electron chi connectivity index (χ2n) is 5.36. The van der Waals surface area contributed by atoms with Crippen molar-refractivity contribution < 1.29 is 27.9 Å². The van der Waals surface area contributed by atoms with Gasteiger partial charge >= 0.3 is 12.1 Å². The van der Waals surface area contributed by atoms with Crippen molar-refractivity contribution >= 4 is 29.2 Å². The Labute approximate surface area is 140 Å². The number of hydrogen-bond donors (Lipinski definition) is 2. The minimum absolute atomic E-state index is 0.0447. The molecule has 2 unspecified atom stereocenters. The Morgan fingerprint density at radius 1 is 1.21 bits per heavy atom. The van der Waals surface area contributed by atoms with Gasteiger partial charge in [0.05, 0.1) is 28.1 Å². The van der Waals surface area contributed by atoms with Crippen LogP contribution in [0.1, 0.15) is 18.4 Å². The van der Waals surface area contributed by atoms with Crippen LogP contribution in [0, 0.1) is 11.8 Å². The maximum atomic E-state index is 12.7. The topological polar surface area (TPSA) is 83.6 Å². The van der Waals surface area contributed by atoms with E-state index in [1.807, 2.05) is 0 Å². The number of amides is 1. The summed E-state index contributed by atoms with van der Waals surface area (Å²) in [6.07, 6.45) is -0.902. The number of carboxylic acids is 1. The zero-order valence-corrected chi connectivity index (χ0v) is 13.0. The first-order valence-electron chi connectivity index (χ1n) is 6.96. The molecular formula is C15H14ClF3N2O3. The van der Waals surface area contributed by atoms with Gasteiger partial charge in [-0.3, -0.25) is 9.59 Å². The van der Waals surface area contributed by atoms with Crippen molar-refractivity contribution in [3.05, 3.63) is 40.9 Å². The number of nitrogens with two attached hydrogens (primary N) is 1. The number of carbonyl (C=O) groups is 2. The van der Waals surface area contributed by atoms with Crippen LogP contribution in [-0.4, -0.2) is 17.0 Å². The Balaban J connectivity index is 2.26. The predicted molar refractivity (Wildman–Crippen MR) is 81.1 cm³/mol. The van der Waals surface area contributed by atoms with E-state index in [2.05, 4.69) is 0 Å². The molecule has 0 radical (unpaired) electrons. The highest BCUT2D eigenvalue weighted by Gasteiger charge is 2.37. The summed E-state index contributed by atoms with van der Waals surface area (Å²) in [4.78, 5) is 23.7. The minimum atomic E-state index is -4.62. The lowest BCUT2D eigenvalue weighted by molar-refractivity contribution is -0.146. The van der Waals surface area contributed by atoms with Crippen molar-refractivity contribution in [2.45, 2.75) is 19.0 Å². The molecule has 2 rings (SSSR count). The van der Waals surface area contributed by atoms with Crippen LogP contribution >= 0.6 is 11.6 Å². The molecule has 3 N–H and O–H groups in total. The Hall–Kier alpha value is -2.06. The standard InChI is InChI=1S/C15H14ClF3N2O3/c16-12-7-8(5-6-11(12)15(17,18)19)21(20)13(22)9-3-1-2-4-10(9)14(23)24/h1-2,5-7,9-10H,3-4,20H2,(H,23,24). The first-order chi connectivity index (χ1) is 11.1. The molecule has 0 saturated carbocycles. The van der Waals surface area contributed by atoms with Gasteiger partial charge in [-0.2, -0.15) is 13.2 Å². The van der Waals surface area contributed by atoms with Gasteiger partial charge in [0.15, 0.2) is 0 Å². The van der Waals surface area contributed by atoms with Crippen molar-refractivity contribution in [2.75, 3.05) is 5.01 Å². The largest absolute Gasteiger partial charge is 0.481 e. The van der Waals surface area contributed by atoms with Crippen molar-refractivity contribution in [1.29, 1.82) is 0 Å². The Morgan fingerprint density at radius 3 is 2.29 bits per heavy atom. The maximum absolute atomic E-state index is 12.7. The average molecular weight is 363 g/mol. The molecular weight excluding hydrogens is 349 g/mol. The number of aliphatic carboxylic acids is 1.